The van der Waals surface area contributed by atoms with Gasteiger partial charge < -0.3 is 9.47 Å². The average molecular weight is 411 g/mol. The van der Waals surface area contributed by atoms with Crippen LogP contribution in [0, 0.1) is 13.8 Å². The number of esters is 1. The Morgan fingerprint density at radius 2 is 1.62 bits per heavy atom. The first-order valence-electron chi connectivity index (χ1n) is 8.21. The lowest BCUT2D eigenvalue weighted by molar-refractivity contribution is 0.0598. The molecule has 3 nitrogen and oxygen atoms in total. The second kappa shape index (κ2) is 7.75. The van der Waals surface area contributed by atoms with E-state index in [2.05, 4.69) is 48.0 Å². The predicted molar refractivity (Wildman–Crippen MR) is 107 cm³/mol. The zero-order valence-corrected chi connectivity index (χ0v) is 16.5. The van der Waals surface area contributed by atoms with E-state index in [-0.39, 0.29) is 0 Å². The number of carbonyl (C=O) groups excluding carboxylic acids is 1. The Labute approximate surface area is 161 Å². The third-order valence-corrected chi connectivity index (χ3v) is 4.46. The zero-order chi connectivity index (χ0) is 18.7. The first kappa shape index (κ1) is 18.2. The van der Waals surface area contributed by atoms with E-state index in [1.54, 1.807) is 12.1 Å². The normalized spacial score (nSPS) is 10.5. The third-order valence-electron chi connectivity index (χ3n) is 3.96. The molecule has 0 atom stereocenters. The molecule has 0 unspecified atom stereocenters. The van der Waals surface area contributed by atoms with Crippen LogP contribution in [0.4, 0.5) is 0 Å². The van der Waals surface area contributed by atoms with Crippen LogP contribution in [0.5, 0.6) is 11.5 Å². The number of hydrogen-bond donors (Lipinski definition) is 0. The minimum atomic E-state index is -0.438. The maximum Gasteiger partial charge on any atom is 0.341 e. The summed E-state index contributed by atoms with van der Waals surface area (Å²) in [5.74, 6) is 0.679. The molecule has 0 bridgehead atoms. The van der Waals surface area contributed by atoms with Crippen molar-refractivity contribution < 1.29 is 14.3 Å². The molecule has 0 fully saturated rings. The molecule has 132 valence electrons. The topological polar surface area (TPSA) is 35.5 Å². The number of carbonyl (C=O) groups is 1. The summed E-state index contributed by atoms with van der Waals surface area (Å²) < 4.78 is 11.6. The van der Waals surface area contributed by atoms with E-state index in [1.165, 1.54) is 18.2 Å². The molecule has 0 N–H and O–H groups in total. The molecule has 0 saturated heterocycles. The number of ether oxygens (including phenoxy) is 2. The summed E-state index contributed by atoms with van der Waals surface area (Å²) in [5, 5.41) is 0. The van der Waals surface area contributed by atoms with E-state index in [0.29, 0.717) is 17.1 Å². The van der Waals surface area contributed by atoms with Crippen molar-refractivity contribution in [1.29, 1.82) is 0 Å². The number of benzene rings is 3. The van der Waals surface area contributed by atoms with E-state index < -0.39 is 5.97 Å². The second-order valence-corrected chi connectivity index (χ2v) is 7.05. The van der Waals surface area contributed by atoms with Crippen LogP contribution in [-0.4, -0.2) is 13.1 Å². The molecule has 3 aromatic carbocycles. The standard InChI is InChI=1S/C22H19BrO3/c1-14-9-15(2)11-17(10-14)16-5-4-6-19(12-16)26-21-8-7-18(23)13-20(21)22(24)25-3/h4-13H,1-3H3. The van der Waals surface area contributed by atoms with Crippen LogP contribution in [0.25, 0.3) is 11.1 Å². The van der Waals surface area contributed by atoms with E-state index >= 15 is 0 Å². The Kier molecular flexibility index (Phi) is 5.43. The molecule has 0 heterocycles. The van der Waals surface area contributed by atoms with Crippen molar-refractivity contribution in [3.05, 3.63) is 81.8 Å². The van der Waals surface area contributed by atoms with Gasteiger partial charge in [-0.2, -0.15) is 0 Å². The molecule has 0 aliphatic rings. The number of methoxy groups -OCH3 is 1. The fourth-order valence-corrected chi connectivity index (χ4v) is 3.23. The van der Waals surface area contributed by atoms with Crippen LogP contribution in [0.2, 0.25) is 0 Å². The highest BCUT2D eigenvalue weighted by Gasteiger charge is 2.14. The number of hydrogen-bond acceptors (Lipinski definition) is 3. The molecule has 3 rings (SSSR count). The first-order chi connectivity index (χ1) is 12.5. The minimum absolute atomic E-state index is 0.374. The highest BCUT2D eigenvalue weighted by Crippen LogP contribution is 2.31. The smallest absolute Gasteiger partial charge is 0.341 e. The fraction of sp³-hybridized carbons (Fsp3) is 0.136. The molecular formula is C22H19BrO3. The van der Waals surface area contributed by atoms with Crippen molar-refractivity contribution in [2.24, 2.45) is 0 Å². The summed E-state index contributed by atoms with van der Waals surface area (Å²) in [7, 11) is 1.35. The highest BCUT2D eigenvalue weighted by atomic mass is 79.9. The zero-order valence-electron chi connectivity index (χ0n) is 14.9. The number of halogens is 1. The van der Waals surface area contributed by atoms with Crippen LogP contribution in [0.15, 0.2) is 65.1 Å². The minimum Gasteiger partial charge on any atom is -0.465 e. The monoisotopic (exact) mass is 410 g/mol. The summed E-state index contributed by atoms with van der Waals surface area (Å²) in [5.41, 5.74) is 5.00. The third kappa shape index (κ3) is 4.14. The van der Waals surface area contributed by atoms with Gasteiger partial charge in [0, 0.05) is 4.47 Å². The van der Waals surface area contributed by atoms with E-state index in [1.807, 2.05) is 30.3 Å². The molecule has 0 radical (unpaired) electrons. The summed E-state index contributed by atoms with van der Waals surface area (Å²) in [4.78, 5) is 12.0. The number of aryl methyl sites for hydroxylation is 2. The van der Waals surface area contributed by atoms with Gasteiger partial charge in [-0.3, -0.25) is 0 Å². The molecular weight excluding hydrogens is 392 g/mol. The van der Waals surface area contributed by atoms with E-state index in [9.17, 15) is 4.79 Å². The van der Waals surface area contributed by atoms with Crippen LogP contribution in [0.3, 0.4) is 0 Å². The summed E-state index contributed by atoms with van der Waals surface area (Å²) in [6, 6.07) is 19.5. The van der Waals surface area contributed by atoms with Gasteiger partial charge in [0.15, 0.2) is 0 Å². The maximum absolute atomic E-state index is 12.0. The Balaban J connectivity index is 1.96. The van der Waals surface area contributed by atoms with E-state index in [4.69, 9.17) is 9.47 Å². The average Bonchev–Trinajstić information content (AvgIpc) is 2.62. The van der Waals surface area contributed by atoms with Crippen molar-refractivity contribution in [3.8, 4) is 22.6 Å². The Morgan fingerprint density at radius 3 is 2.31 bits per heavy atom. The predicted octanol–water partition coefficient (Wildman–Crippen LogP) is 6.31. The summed E-state index contributed by atoms with van der Waals surface area (Å²) in [6.45, 7) is 4.17. The lowest BCUT2D eigenvalue weighted by Crippen LogP contribution is -2.03. The van der Waals surface area contributed by atoms with Gasteiger partial charge in [-0.25, -0.2) is 4.79 Å². The summed E-state index contributed by atoms with van der Waals surface area (Å²) >= 11 is 3.37. The fourth-order valence-electron chi connectivity index (χ4n) is 2.87. The van der Waals surface area contributed by atoms with Gasteiger partial charge >= 0.3 is 5.97 Å². The molecule has 0 amide bonds. The molecule has 0 spiro atoms. The van der Waals surface area contributed by atoms with Crippen molar-refractivity contribution in [3.63, 3.8) is 0 Å². The Hall–Kier alpha value is -2.59. The molecule has 4 heteroatoms. The molecule has 26 heavy (non-hydrogen) atoms. The quantitative estimate of drug-likeness (QED) is 0.472. The molecule has 0 saturated carbocycles. The molecule has 0 aliphatic carbocycles. The SMILES string of the molecule is COC(=O)c1cc(Br)ccc1Oc1cccc(-c2cc(C)cc(C)c2)c1. The number of rotatable bonds is 4. The largest absolute Gasteiger partial charge is 0.465 e. The summed E-state index contributed by atoms with van der Waals surface area (Å²) in [6.07, 6.45) is 0. The molecule has 0 aliphatic heterocycles. The van der Waals surface area contributed by atoms with Gasteiger partial charge in [-0.05, 0) is 55.3 Å². The highest BCUT2D eigenvalue weighted by molar-refractivity contribution is 9.10. The van der Waals surface area contributed by atoms with Gasteiger partial charge in [0.2, 0.25) is 0 Å². The maximum atomic E-state index is 12.0. The van der Waals surface area contributed by atoms with Crippen LogP contribution >= 0.6 is 15.9 Å². The van der Waals surface area contributed by atoms with Gasteiger partial charge in [-0.15, -0.1) is 0 Å². The van der Waals surface area contributed by atoms with Gasteiger partial charge in [0.05, 0.1) is 7.11 Å². The first-order valence-corrected chi connectivity index (χ1v) is 9.00. The Morgan fingerprint density at radius 1 is 0.885 bits per heavy atom. The van der Waals surface area contributed by atoms with Crippen molar-refractivity contribution in [2.45, 2.75) is 13.8 Å². The lowest BCUT2D eigenvalue weighted by Gasteiger charge is -2.12. The molecule has 0 aromatic heterocycles. The van der Waals surface area contributed by atoms with Gasteiger partial charge in [0.1, 0.15) is 17.1 Å². The van der Waals surface area contributed by atoms with Gasteiger partial charge in [0.25, 0.3) is 0 Å². The van der Waals surface area contributed by atoms with Crippen LogP contribution < -0.4 is 4.74 Å². The van der Waals surface area contributed by atoms with Crippen molar-refractivity contribution >= 4 is 21.9 Å². The van der Waals surface area contributed by atoms with Crippen LogP contribution in [-0.2, 0) is 4.74 Å². The van der Waals surface area contributed by atoms with E-state index in [0.717, 1.165) is 15.6 Å². The van der Waals surface area contributed by atoms with Crippen LogP contribution in [0.1, 0.15) is 21.5 Å². The van der Waals surface area contributed by atoms with Gasteiger partial charge in [-0.1, -0.05) is 57.4 Å². The van der Waals surface area contributed by atoms with Crippen molar-refractivity contribution in [2.75, 3.05) is 7.11 Å². The Bertz CT molecular complexity index is 943. The second-order valence-electron chi connectivity index (χ2n) is 6.14. The lowest BCUT2D eigenvalue weighted by atomic mass is 10.0. The molecule has 3 aromatic rings. The van der Waals surface area contributed by atoms with Crippen molar-refractivity contribution in [1.82, 2.24) is 0 Å².